The highest BCUT2D eigenvalue weighted by Crippen LogP contribution is 2.24. The summed E-state index contributed by atoms with van der Waals surface area (Å²) in [4.78, 5) is 28.6. The van der Waals surface area contributed by atoms with Crippen LogP contribution in [0.25, 0.3) is 0 Å². The highest BCUT2D eigenvalue weighted by Gasteiger charge is 2.33. The van der Waals surface area contributed by atoms with E-state index in [0.717, 1.165) is 28.1 Å². The smallest absolute Gasteiger partial charge is 0.247 e. The number of amides is 2. The number of thiocarbonyl (C=S) groups is 1. The lowest BCUT2D eigenvalue weighted by Gasteiger charge is -2.34. The Morgan fingerprint density at radius 1 is 1.09 bits per heavy atom. The average molecular weight is 503 g/mol. The summed E-state index contributed by atoms with van der Waals surface area (Å²) in [5, 5.41) is 3.07. The van der Waals surface area contributed by atoms with Crippen molar-refractivity contribution >= 4 is 45.9 Å². The van der Waals surface area contributed by atoms with E-state index in [1.807, 2.05) is 77.1 Å². The number of ether oxygens (including phenoxy) is 2. The third kappa shape index (κ3) is 7.74. The van der Waals surface area contributed by atoms with Crippen LogP contribution in [0.4, 0.5) is 5.69 Å². The first-order valence-electron chi connectivity index (χ1n) is 11.3. The lowest BCUT2D eigenvalue weighted by Crippen LogP contribution is -2.50. The van der Waals surface area contributed by atoms with E-state index in [1.54, 1.807) is 12.0 Å². The number of methoxy groups -OCH3 is 1. The van der Waals surface area contributed by atoms with Gasteiger partial charge in [0.2, 0.25) is 16.2 Å². The molecule has 8 heteroatoms. The highest BCUT2D eigenvalue weighted by atomic mass is 32.2. The minimum absolute atomic E-state index is 0.0921. The van der Waals surface area contributed by atoms with Gasteiger partial charge in [-0.05, 0) is 67.7 Å². The second-order valence-corrected chi connectivity index (χ2v) is 9.86. The molecule has 184 valence electrons. The zero-order valence-corrected chi connectivity index (χ0v) is 22.3. The summed E-state index contributed by atoms with van der Waals surface area (Å²) in [7, 11) is 1.61. The molecule has 1 N–H and O–H groups in total. The van der Waals surface area contributed by atoms with E-state index < -0.39 is 6.04 Å². The zero-order chi connectivity index (χ0) is 25.3. The van der Waals surface area contributed by atoms with Crippen LogP contribution in [0.15, 0.2) is 42.5 Å². The monoisotopic (exact) mass is 502 g/mol. The third-order valence-corrected chi connectivity index (χ3v) is 6.59. The Hall–Kier alpha value is -2.58. The number of nitrogens with zero attached hydrogens (tertiary/aromatic N) is 1. The average Bonchev–Trinajstić information content (AvgIpc) is 2.80. The molecule has 1 unspecified atom stereocenters. The zero-order valence-electron chi connectivity index (χ0n) is 20.7. The van der Waals surface area contributed by atoms with Crippen molar-refractivity contribution in [2.45, 2.75) is 47.2 Å². The molecule has 0 aromatic heterocycles. The van der Waals surface area contributed by atoms with Crippen LogP contribution in [-0.2, 0) is 20.9 Å². The third-order valence-electron chi connectivity index (χ3n) is 5.37. The molecule has 0 heterocycles. The Morgan fingerprint density at radius 3 is 2.24 bits per heavy atom. The van der Waals surface area contributed by atoms with Crippen LogP contribution in [-0.4, -0.2) is 46.6 Å². The molecule has 0 saturated heterocycles. The topological polar surface area (TPSA) is 67.9 Å². The minimum Gasteiger partial charge on any atom is -0.497 e. The second-order valence-electron chi connectivity index (χ2n) is 8.29. The standard InChI is InChI=1S/C26H34N2O4S2/c1-7-32-26(33)34-16-22(29)28(15-20-11-13-21(31-6)14-12-20)24(17(2)3)25(30)27-23-18(4)9-8-10-19(23)5/h8-14,17,24H,7,15-16H2,1-6H3,(H,27,30). The molecular weight excluding hydrogens is 468 g/mol. The Labute approximate surface area is 212 Å². The van der Waals surface area contributed by atoms with E-state index in [9.17, 15) is 9.59 Å². The molecule has 0 aliphatic heterocycles. The van der Waals surface area contributed by atoms with Crippen LogP contribution in [0.5, 0.6) is 5.75 Å². The van der Waals surface area contributed by atoms with Gasteiger partial charge in [0.25, 0.3) is 0 Å². The Morgan fingerprint density at radius 2 is 1.71 bits per heavy atom. The van der Waals surface area contributed by atoms with Crippen LogP contribution in [0.1, 0.15) is 37.5 Å². The number of carbonyl (C=O) groups is 2. The van der Waals surface area contributed by atoms with Crippen molar-refractivity contribution in [3.63, 3.8) is 0 Å². The molecule has 6 nitrogen and oxygen atoms in total. The fraction of sp³-hybridized carbons (Fsp3) is 0.423. The number of hydrogen-bond acceptors (Lipinski definition) is 6. The summed E-state index contributed by atoms with van der Waals surface area (Å²) in [6.45, 7) is 10.4. The molecule has 0 saturated carbocycles. The maximum Gasteiger partial charge on any atom is 0.247 e. The largest absolute Gasteiger partial charge is 0.497 e. The van der Waals surface area contributed by atoms with Gasteiger partial charge in [-0.3, -0.25) is 9.59 Å². The maximum atomic E-state index is 13.6. The molecule has 0 fully saturated rings. The van der Waals surface area contributed by atoms with Crippen LogP contribution < -0.4 is 10.1 Å². The van der Waals surface area contributed by atoms with Crippen LogP contribution >= 0.6 is 24.0 Å². The predicted molar refractivity (Wildman–Crippen MR) is 143 cm³/mol. The van der Waals surface area contributed by atoms with Crippen molar-refractivity contribution < 1.29 is 19.1 Å². The van der Waals surface area contributed by atoms with Gasteiger partial charge in [-0.2, -0.15) is 0 Å². The number of hydrogen-bond donors (Lipinski definition) is 1. The first kappa shape index (κ1) is 27.7. The van der Waals surface area contributed by atoms with Crippen LogP contribution in [0.2, 0.25) is 0 Å². The van der Waals surface area contributed by atoms with Crippen molar-refractivity contribution in [3.05, 3.63) is 59.2 Å². The minimum atomic E-state index is -0.671. The van der Waals surface area contributed by atoms with E-state index in [0.29, 0.717) is 11.0 Å². The van der Waals surface area contributed by atoms with Gasteiger partial charge >= 0.3 is 0 Å². The van der Waals surface area contributed by atoms with E-state index in [2.05, 4.69) is 5.32 Å². The summed E-state index contributed by atoms with van der Waals surface area (Å²) in [5.41, 5.74) is 3.63. The van der Waals surface area contributed by atoms with Crippen molar-refractivity contribution in [2.24, 2.45) is 5.92 Å². The number of nitrogens with one attached hydrogen (secondary N) is 1. The molecule has 2 rings (SSSR count). The van der Waals surface area contributed by atoms with Gasteiger partial charge in [0.1, 0.15) is 11.8 Å². The molecular formula is C26H34N2O4S2. The fourth-order valence-electron chi connectivity index (χ4n) is 3.65. The number of carbonyl (C=O) groups excluding carboxylic acids is 2. The van der Waals surface area contributed by atoms with Crippen LogP contribution in [0.3, 0.4) is 0 Å². The normalized spacial score (nSPS) is 11.6. The van der Waals surface area contributed by atoms with Gasteiger partial charge in [0.05, 0.1) is 19.5 Å². The Balaban J connectivity index is 2.34. The number of thioether (sulfide) groups is 1. The SMILES string of the molecule is CCOC(=S)SCC(=O)N(Cc1ccc(OC)cc1)C(C(=O)Nc1c(C)cccc1C)C(C)C. The lowest BCUT2D eigenvalue weighted by molar-refractivity contribution is -0.138. The molecule has 0 spiro atoms. The molecule has 0 aliphatic carbocycles. The molecule has 2 aromatic rings. The summed E-state index contributed by atoms with van der Waals surface area (Å²) in [6.07, 6.45) is 0. The quantitative estimate of drug-likeness (QED) is 0.441. The van der Waals surface area contributed by atoms with E-state index in [4.69, 9.17) is 21.7 Å². The molecule has 1 atom stereocenters. The summed E-state index contributed by atoms with van der Waals surface area (Å²) >= 11 is 6.35. The first-order chi connectivity index (χ1) is 16.2. The molecule has 2 aromatic carbocycles. The number of benzene rings is 2. The van der Waals surface area contributed by atoms with Gasteiger partial charge in [0.15, 0.2) is 0 Å². The van der Waals surface area contributed by atoms with E-state index >= 15 is 0 Å². The molecule has 0 radical (unpaired) electrons. The summed E-state index contributed by atoms with van der Waals surface area (Å²) < 4.78 is 10.9. The maximum absolute atomic E-state index is 13.6. The fourth-order valence-corrected chi connectivity index (χ4v) is 4.55. The Kier molecular flexibility index (Phi) is 10.9. The first-order valence-corrected chi connectivity index (χ1v) is 12.7. The molecule has 2 amide bonds. The van der Waals surface area contributed by atoms with Gasteiger partial charge in [-0.25, -0.2) is 0 Å². The van der Waals surface area contributed by atoms with Gasteiger partial charge < -0.3 is 19.7 Å². The van der Waals surface area contributed by atoms with E-state index in [1.165, 1.54) is 11.8 Å². The molecule has 0 bridgehead atoms. The second kappa shape index (κ2) is 13.3. The van der Waals surface area contributed by atoms with Crippen molar-refractivity contribution in [1.29, 1.82) is 0 Å². The van der Waals surface area contributed by atoms with Crippen molar-refractivity contribution in [2.75, 3.05) is 24.8 Å². The number of anilines is 1. The number of aryl methyl sites for hydroxylation is 2. The molecule has 34 heavy (non-hydrogen) atoms. The van der Waals surface area contributed by atoms with Crippen molar-refractivity contribution in [1.82, 2.24) is 4.90 Å². The van der Waals surface area contributed by atoms with Crippen molar-refractivity contribution in [3.8, 4) is 5.75 Å². The predicted octanol–water partition coefficient (Wildman–Crippen LogP) is 5.36. The molecule has 0 aliphatic rings. The Bertz CT molecular complexity index is 973. The van der Waals surface area contributed by atoms with E-state index in [-0.39, 0.29) is 30.0 Å². The van der Waals surface area contributed by atoms with Crippen LogP contribution in [0, 0.1) is 19.8 Å². The number of para-hydroxylation sites is 1. The lowest BCUT2D eigenvalue weighted by atomic mass is 9.99. The number of rotatable bonds is 10. The summed E-state index contributed by atoms with van der Waals surface area (Å²) in [5.74, 6) is 0.308. The van der Waals surface area contributed by atoms with Gasteiger partial charge in [0, 0.05) is 12.2 Å². The summed E-state index contributed by atoms with van der Waals surface area (Å²) in [6, 6.07) is 12.7. The van der Waals surface area contributed by atoms with Gasteiger partial charge in [-0.15, -0.1) is 0 Å². The van der Waals surface area contributed by atoms with Gasteiger partial charge in [-0.1, -0.05) is 55.9 Å². The highest BCUT2D eigenvalue weighted by molar-refractivity contribution is 8.23.